The molecule has 2 rings (SSSR count). The highest BCUT2D eigenvalue weighted by atomic mass is 19.1. The van der Waals surface area contributed by atoms with Gasteiger partial charge in [-0.25, -0.2) is 4.39 Å². The lowest BCUT2D eigenvalue weighted by Crippen LogP contribution is -2.42. The van der Waals surface area contributed by atoms with Crippen LogP contribution >= 0.6 is 0 Å². The minimum atomic E-state index is -0.338. The molecule has 20 heavy (non-hydrogen) atoms. The van der Waals surface area contributed by atoms with Gasteiger partial charge >= 0.3 is 0 Å². The first kappa shape index (κ1) is 15.0. The predicted molar refractivity (Wildman–Crippen MR) is 77.8 cm³/mol. The van der Waals surface area contributed by atoms with E-state index in [-0.39, 0.29) is 18.2 Å². The number of aryl methyl sites for hydroxylation is 1. The molecule has 3 nitrogen and oxygen atoms in total. The van der Waals surface area contributed by atoms with Crippen LogP contribution in [-0.4, -0.2) is 30.1 Å². The third-order valence-electron chi connectivity index (χ3n) is 4.04. The van der Waals surface area contributed by atoms with Crippen molar-refractivity contribution < 1.29 is 14.3 Å². The number of ketones is 1. The van der Waals surface area contributed by atoms with E-state index in [1.54, 1.807) is 13.0 Å². The molecule has 110 valence electrons. The van der Waals surface area contributed by atoms with Crippen molar-refractivity contribution in [3.05, 3.63) is 29.1 Å². The van der Waals surface area contributed by atoms with E-state index in [1.807, 2.05) is 0 Å². The maximum absolute atomic E-state index is 13.7. The smallest absolute Gasteiger partial charge is 0.161 e. The molecule has 0 saturated heterocycles. The Morgan fingerprint density at radius 3 is 2.65 bits per heavy atom. The van der Waals surface area contributed by atoms with Gasteiger partial charge in [-0.2, -0.15) is 0 Å². The Morgan fingerprint density at radius 2 is 2.15 bits per heavy atom. The molecule has 4 heteroatoms. The van der Waals surface area contributed by atoms with Crippen LogP contribution in [0.1, 0.15) is 48.5 Å². The van der Waals surface area contributed by atoms with E-state index in [4.69, 9.17) is 5.11 Å². The van der Waals surface area contributed by atoms with Gasteiger partial charge in [-0.15, -0.1) is 0 Å². The molecular formula is C16H22FNO2. The third-order valence-corrected chi connectivity index (χ3v) is 4.04. The molecule has 0 aromatic heterocycles. The Hall–Kier alpha value is -1.42. The fraction of sp³-hybridized carbons (Fsp3) is 0.562. The Bertz CT molecular complexity index is 497. The van der Waals surface area contributed by atoms with Gasteiger partial charge in [0.05, 0.1) is 0 Å². The van der Waals surface area contributed by atoms with Crippen LogP contribution in [0, 0.1) is 12.7 Å². The van der Waals surface area contributed by atoms with E-state index in [9.17, 15) is 9.18 Å². The van der Waals surface area contributed by atoms with Gasteiger partial charge in [0.1, 0.15) is 5.82 Å². The summed E-state index contributed by atoms with van der Waals surface area (Å²) in [7, 11) is 0. The van der Waals surface area contributed by atoms with Gasteiger partial charge in [-0.05, 0) is 57.2 Å². The number of hydrogen-bond acceptors (Lipinski definition) is 3. The number of halogens is 1. The van der Waals surface area contributed by atoms with Crippen LogP contribution in [-0.2, 0) is 0 Å². The van der Waals surface area contributed by atoms with Crippen LogP contribution in [0.15, 0.2) is 12.1 Å². The maximum atomic E-state index is 13.7. The Balaban J connectivity index is 2.39. The van der Waals surface area contributed by atoms with E-state index >= 15 is 0 Å². The number of rotatable bonds is 6. The zero-order chi connectivity index (χ0) is 14.7. The van der Waals surface area contributed by atoms with Crippen molar-refractivity contribution in [2.75, 3.05) is 18.1 Å². The standard InChI is InChI=1S/C16H22FNO2/c1-11-9-16(14(12(2)20)10-15(11)17)18(7-4-8-19)13-5-3-6-13/h9-10,13,19H,3-8H2,1-2H3. The summed E-state index contributed by atoms with van der Waals surface area (Å²) in [5.74, 6) is -0.457. The van der Waals surface area contributed by atoms with E-state index in [0.29, 0.717) is 30.1 Å². The predicted octanol–water partition coefficient (Wildman–Crippen LogP) is 3.08. The largest absolute Gasteiger partial charge is 0.396 e. The molecule has 0 aliphatic heterocycles. The SMILES string of the molecule is CC(=O)c1cc(F)c(C)cc1N(CCCO)C1CCC1. The van der Waals surface area contributed by atoms with Gasteiger partial charge in [-0.1, -0.05) is 0 Å². The van der Waals surface area contributed by atoms with Crippen molar-refractivity contribution in [2.45, 2.75) is 45.6 Å². The van der Waals surface area contributed by atoms with Crippen molar-refractivity contribution >= 4 is 11.5 Å². The fourth-order valence-electron chi connectivity index (χ4n) is 2.63. The zero-order valence-electron chi connectivity index (χ0n) is 12.2. The summed E-state index contributed by atoms with van der Waals surface area (Å²) in [5, 5.41) is 9.06. The van der Waals surface area contributed by atoms with Gasteiger partial charge in [0.15, 0.2) is 5.78 Å². The molecule has 1 aromatic rings. The number of benzene rings is 1. The number of anilines is 1. The average molecular weight is 279 g/mol. The first-order valence-electron chi connectivity index (χ1n) is 7.23. The van der Waals surface area contributed by atoms with Crippen LogP contribution < -0.4 is 4.90 Å². The number of carbonyl (C=O) groups is 1. The van der Waals surface area contributed by atoms with Crippen LogP contribution in [0.3, 0.4) is 0 Å². The van der Waals surface area contributed by atoms with E-state index in [0.717, 1.165) is 18.5 Å². The molecule has 0 heterocycles. The zero-order valence-corrected chi connectivity index (χ0v) is 12.2. The second-order valence-corrected chi connectivity index (χ2v) is 5.53. The molecule has 1 aromatic carbocycles. The molecule has 0 unspecified atom stereocenters. The number of aliphatic hydroxyl groups is 1. The Kier molecular flexibility index (Phi) is 4.76. The molecule has 1 aliphatic carbocycles. The number of carbonyl (C=O) groups excluding carboxylic acids is 1. The summed E-state index contributed by atoms with van der Waals surface area (Å²) in [4.78, 5) is 14.0. The maximum Gasteiger partial charge on any atom is 0.161 e. The first-order valence-corrected chi connectivity index (χ1v) is 7.23. The lowest BCUT2D eigenvalue weighted by atomic mass is 9.90. The molecule has 1 N–H and O–H groups in total. The van der Waals surface area contributed by atoms with E-state index < -0.39 is 0 Å². The Labute approximate surface area is 119 Å². The molecular weight excluding hydrogens is 257 g/mol. The fourth-order valence-corrected chi connectivity index (χ4v) is 2.63. The van der Waals surface area contributed by atoms with Crippen LogP contribution in [0.5, 0.6) is 0 Å². The van der Waals surface area contributed by atoms with Crippen molar-refractivity contribution in [2.24, 2.45) is 0 Å². The molecule has 0 radical (unpaired) electrons. The monoisotopic (exact) mass is 279 g/mol. The van der Waals surface area contributed by atoms with Crippen LogP contribution in [0.2, 0.25) is 0 Å². The van der Waals surface area contributed by atoms with Gasteiger partial charge in [-0.3, -0.25) is 4.79 Å². The second-order valence-electron chi connectivity index (χ2n) is 5.53. The molecule has 1 aliphatic rings. The van der Waals surface area contributed by atoms with Gasteiger partial charge in [0.2, 0.25) is 0 Å². The summed E-state index contributed by atoms with van der Waals surface area (Å²) >= 11 is 0. The molecule has 0 atom stereocenters. The molecule has 0 amide bonds. The van der Waals surface area contributed by atoms with Crippen molar-refractivity contribution in [3.8, 4) is 0 Å². The summed E-state index contributed by atoms with van der Waals surface area (Å²) in [6.45, 7) is 4.01. The van der Waals surface area contributed by atoms with Gasteiger partial charge < -0.3 is 10.0 Å². The number of hydrogen-bond donors (Lipinski definition) is 1. The highest BCUT2D eigenvalue weighted by Gasteiger charge is 2.27. The summed E-state index contributed by atoms with van der Waals surface area (Å²) in [5.41, 5.74) is 1.81. The normalized spacial score (nSPS) is 15.0. The third kappa shape index (κ3) is 3.01. The highest BCUT2D eigenvalue weighted by molar-refractivity contribution is 6.00. The molecule has 1 fully saturated rings. The molecule has 0 spiro atoms. The second kappa shape index (κ2) is 6.35. The van der Waals surface area contributed by atoms with E-state index in [1.165, 1.54) is 19.4 Å². The minimum absolute atomic E-state index is 0.118. The topological polar surface area (TPSA) is 40.5 Å². The van der Waals surface area contributed by atoms with Crippen molar-refractivity contribution in [1.82, 2.24) is 0 Å². The van der Waals surface area contributed by atoms with Crippen LogP contribution in [0.4, 0.5) is 10.1 Å². The lowest BCUT2D eigenvalue weighted by molar-refractivity contribution is 0.101. The van der Waals surface area contributed by atoms with Gasteiger partial charge in [0.25, 0.3) is 0 Å². The Morgan fingerprint density at radius 1 is 1.45 bits per heavy atom. The number of Topliss-reactive ketones (excluding diaryl/α,β-unsaturated/α-hetero) is 1. The quantitative estimate of drug-likeness (QED) is 0.814. The summed E-state index contributed by atoms with van der Waals surface area (Å²) < 4.78 is 13.7. The first-order chi connectivity index (χ1) is 9.54. The van der Waals surface area contributed by atoms with Crippen LogP contribution in [0.25, 0.3) is 0 Å². The minimum Gasteiger partial charge on any atom is -0.396 e. The summed E-state index contributed by atoms with van der Waals surface area (Å²) in [6.07, 6.45) is 4.04. The van der Waals surface area contributed by atoms with E-state index in [2.05, 4.69) is 4.90 Å². The van der Waals surface area contributed by atoms with Gasteiger partial charge in [0, 0.05) is 30.4 Å². The number of nitrogens with zero attached hydrogens (tertiary/aromatic N) is 1. The number of aliphatic hydroxyl groups excluding tert-OH is 1. The van der Waals surface area contributed by atoms with Crippen molar-refractivity contribution in [3.63, 3.8) is 0 Å². The van der Waals surface area contributed by atoms with Crippen molar-refractivity contribution in [1.29, 1.82) is 0 Å². The highest BCUT2D eigenvalue weighted by Crippen LogP contribution is 2.33. The average Bonchev–Trinajstić information content (AvgIpc) is 2.34. The lowest BCUT2D eigenvalue weighted by Gasteiger charge is -2.40. The molecule has 0 bridgehead atoms. The molecule has 1 saturated carbocycles. The summed E-state index contributed by atoms with van der Waals surface area (Å²) in [6, 6.07) is 3.52.